The molecule has 1 aromatic heterocycles. The number of nitrogens with one attached hydrogen (secondary N) is 1. The summed E-state index contributed by atoms with van der Waals surface area (Å²) in [4.78, 5) is 17.0. The third-order valence-corrected chi connectivity index (χ3v) is 9.35. The van der Waals surface area contributed by atoms with Gasteiger partial charge in [0.2, 0.25) is 0 Å². The first-order valence-electron chi connectivity index (χ1n) is 11.3. The minimum Gasteiger partial charge on any atom is -0.461 e. The van der Waals surface area contributed by atoms with Gasteiger partial charge < -0.3 is 10.1 Å². The van der Waals surface area contributed by atoms with Gasteiger partial charge in [-0.2, -0.15) is 0 Å². The van der Waals surface area contributed by atoms with Crippen LogP contribution < -0.4 is 5.32 Å². The number of halogens is 1. The van der Waals surface area contributed by atoms with Crippen LogP contribution in [0, 0.1) is 0 Å². The molecule has 0 radical (unpaired) electrons. The summed E-state index contributed by atoms with van der Waals surface area (Å²) < 4.78 is 32.4. The van der Waals surface area contributed by atoms with Gasteiger partial charge in [-0.3, -0.25) is 4.90 Å². The van der Waals surface area contributed by atoms with Gasteiger partial charge in [0.05, 0.1) is 22.1 Å². The van der Waals surface area contributed by atoms with Crippen LogP contribution in [0.4, 0.5) is 0 Å². The number of hydrogen-bond donors (Lipinski definition) is 1. The number of thiophene rings is 1. The van der Waals surface area contributed by atoms with Gasteiger partial charge in [-0.05, 0) is 56.3 Å². The zero-order chi connectivity index (χ0) is 24.3. The van der Waals surface area contributed by atoms with E-state index in [1.807, 2.05) is 24.6 Å². The first-order chi connectivity index (χ1) is 16.3. The van der Waals surface area contributed by atoms with E-state index in [0.29, 0.717) is 46.9 Å². The van der Waals surface area contributed by atoms with Gasteiger partial charge in [0.15, 0.2) is 9.84 Å². The van der Waals surface area contributed by atoms with Crippen LogP contribution in [0.15, 0.2) is 63.7 Å². The van der Waals surface area contributed by atoms with E-state index < -0.39 is 21.7 Å². The first-order valence-corrected chi connectivity index (χ1v) is 14.2. The predicted molar refractivity (Wildman–Crippen MR) is 136 cm³/mol. The Bertz CT molecular complexity index is 1220. The number of hydrogen-bond acceptors (Lipinski definition) is 7. The molecule has 0 saturated heterocycles. The van der Waals surface area contributed by atoms with E-state index in [2.05, 4.69) is 16.3 Å². The van der Waals surface area contributed by atoms with Crippen LogP contribution in [-0.4, -0.2) is 45.2 Å². The number of carbonyl (C=O) groups excluding carboxylic acids is 1. The van der Waals surface area contributed by atoms with Crippen LogP contribution >= 0.6 is 22.9 Å². The van der Waals surface area contributed by atoms with Crippen molar-refractivity contribution in [1.29, 1.82) is 0 Å². The van der Waals surface area contributed by atoms with Crippen molar-refractivity contribution in [2.45, 2.75) is 38.6 Å². The number of likely N-dealkylation sites (N-methyl/N-ethyl adjacent to an activating group) is 1. The predicted octanol–water partition coefficient (Wildman–Crippen LogP) is 4.85. The lowest BCUT2D eigenvalue weighted by Gasteiger charge is -2.32. The lowest BCUT2D eigenvalue weighted by atomic mass is 9.85. The number of dihydropyridines is 1. The molecule has 2 aromatic rings. The van der Waals surface area contributed by atoms with Gasteiger partial charge in [-0.1, -0.05) is 35.9 Å². The number of rotatable bonds is 7. The molecule has 6 nitrogen and oxygen atoms in total. The van der Waals surface area contributed by atoms with Gasteiger partial charge >= 0.3 is 5.97 Å². The van der Waals surface area contributed by atoms with Crippen molar-refractivity contribution in [3.63, 3.8) is 0 Å². The molecule has 0 bridgehead atoms. The summed E-state index contributed by atoms with van der Waals surface area (Å²) in [5.41, 5.74) is 2.17. The van der Waals surface area contributed by atoms with Crippen molar-refractivity contribution in [2.75, 3.05) is 26.0 Å². The Balaban J connectivity index is 1.61. The number of esters is 1. The largest absolute Gasteiger partial charge is 0.461 e. The highest BCUT2D eigenvalue weighted by molar-refractivity contribution is 7.95. The van der Waals surface area contributed by atoms with E-state index in [0.717, 1.165) is 13.0 Å². The molecule has 2 aliphatic rings. The van der Waals surface area contributed by atoms with Crippen LogP contribution in [0.3, 0.4) is 0 Å². The summed E-state index contributed by atoms with van der Waals surface area (Å²) in [5.74, 6) is -1.25. The molecule has 0 spiro atoms. The Labute approximate surface area is 210 Å². The van der Waals surface area contributed by atoms with Crippen LogP contribution in [0.2, 0.25) is 5.02 Å². The van der Waals surface area contributed by atoms with Crippen LogP contribution in [0.25, 0.3) is 0 Å². The van der Waals surface area contributed by atoms with Crippen molar-refractivity contribution in [2.24, 2.45) is 0 Å². The highest BCUT2D eigenvalue weighted by Gasteiger charge is 2.42. The maximum atomic E-state index is 13.4. The van der Waals surface area contributed by atoms with E-state index in [4.69, 9.17) is 16.3 Å². The summed E-state index contributed by atoms with van der Waals surface area (Å²) >= 11 is 8.22. The lowest BCUT2D eigenvalue weighted by molar-refractivity contribution is -0.139. The van der Waals surface area contributed by atoms with Crippen molar-refractivity contribution in [1.82, 2.24) is 10.2 Å². The Hall–Kier alpha value is -2.13. The fraction of sp³-hybridized carbons (Fsp3) is 0.400. The molecule has 4 rings (SSSR count). The monoisotopic (exact) mass is 520 g/mol. The van der Waals surface area contributed by atoms with Crippen LogP contribution in [-0.2, 0) is 25.9 Å². The Morgan fingerprint density at radius 1 is 1.24 bits per heavy atom. The van der Waals surface area contributed by atoms with Crippen molar-refractivity contribution in [3.05, 3.63) is 79.1 Å². The summed E-state index contributed by atoms with van der Waals surface area (Å²) in [6.45, 7) is 3.33. The Morgan fingerprint density at radius 2 is 2.03 bits per heavy atom. The number of ether oxygens (including phenoxy) is 1. The maximum absolute atomic E-state index is 13.4. The normalized spacial score (nSPS) is 20.1. The van der Waals surface area contributed by atoms with Gasteiger partial charge in [0.1, 0.15) is 6.61 Å². The summed E-state index contributed by atoms with van der Waals surface area (Å²) in [7, 11) is -1.60. The highest BCUT2D eigenvalue weighted by Crippen LogP contribution is 2.45. The molecule has 2 aliphatic heterocycles. The average Bonchev–Trinajstić information content (AvgIpc) is 3.23. The van der Waals surface area contributed by atoms with E-state index >= 15 is 0 Å². The minimum absolute atomic E-state index is 0.0589. The summed E-state index contributed by atoms with van der Waals surface area (Å²) in [6.07, 6.45) is 1.97. The molecule has 3 heterocycles. The summed E-state index contributed by atoms with van der Waals surface area (Å²) in [6, 6.07) is 11.2. The second-order valence-electron chi connectivity index (χ2n) is 8.69. The van der Waals surface area contributed by atoms with Gasteiger partial charge in [0, 0.05) is 34.4 Å². The molecule has 0 aliphatic carbocycles. The Morgan fingerprint density at radius 3 is 2.76 bits per heavy atom. The molecule has 0 fully saturated rings. The zero-order valence-corrected chi connectivity index (χ0v) is 21.7. The van der Waals surface area contributed by atoms with E-state index in [1.54, 1.807) is 36.5 Å². The maximum Gasteiger partial charge on any atom is 0.336 e. The first kappa shape index (κ1) is 25.0. The summed E-state index contributed by atoms with van der Waals surface area (Å²) in [5, 5.41) is 5.68. The highest BCUT2D eigenvalue weighted by atomic mass is 35.5. The molecule has 0 amide bonds. The quantitative estimate of drug-likeness (QED) is 0.526. The average molecular weight is 521 g/mol. The molecule has 0 saturated carbocycles. The second kappa shape index (κ2) is 10.6. The molecule has 34 heavy (non-hydrogen) atoms. The molecule has 182 valence electrons. The zero-order valence-electron chi connectivity index (χ0n) is 19.3. The van der Waals surface area contributed by atoms with Gasteiger partial charge in [0.25, 0.3) is 0 Å². The van der Waals surface area contributed by atoms with E-state index in [-0.39, 0.29) is 17.3 Å². The van der Waals surface area contributed by atoms with Gasteiger partial charge in [-0.25, -0.2) is 13.2 Å². The lowest BCUT2D eigenvalue weighted by Crippen LogP contribution is -2.33. The third kappa shape index (κ3) is 5.40. The fourth-order valence-electron chi connectivity index (χ4n) is 4.53. The van der Waals surface area contributed by atoms with E-state index in [9.17, 15) is 13.2 Å². The Kier molecular flexibility index (Phi) is 7.82. The minimum atomic E-state index is -3.58. The van der Waals surface area contributed by atoms with Crippen molar-refractivity contribution in [3.8, 4) is 0 Å². The SMILES string of the molecule is CC1=C(C(=O)OCCN(C)Cc2cccs2)C(c2ccccc2Cl)C2=C(CCCCS2(=O)=O)N1. The number of sulfone groups is 1. The van der Waals surface area contributed by atoms with Crippen LogP contribution in [0.1, 0.15) is 42.5 Å². The standard InChI is InChI=1S/C25H29ClN2O4S2/c1-17-22(25(29)32-13-12-28(2)16-18-8-7-14-33-18)23(19-9-3-4-10-20(19)26)24-21(27-17)11-5-6-15-34(24,30)31/h3-4,7-10,14,23,27H,5-6,11-13,15-16H2,1-2H3. The van der Waals surface area contributed by atoms with Crippen molar-refractivity contribution < 1.29 is 17.9 Å². The van der Waals surface area contributed by atoms with E-state index in [1.165, 1.54) is 4.88 Å². The molecule has 1 unspecified atom stereocenters. The molecule has 1 aromatic carbocycles. The second-order valence-corrected chi connectivity index (χ2v) is 12.2. The van der Waals surface area contributed by atoms with Gasteiger partial charge in [-0.15, -0.1) is 11.3 Å². The van der Waals surface area contributed by atoms with Crippen molar-refractivity contribution >= 4 is 38.7 Å². The third-order valence-electron chi connectivity index (χ3n) is 6.16. The molecular weight excluding hydrogens is 492 g/mol. The molecule has 1 N–H and O–H groups in total. The smallest absolute Gasteiger partial charge is 0.336 e. The molecular formula is C25H29ClN2O4S2. The number of allylic oxidation sites excluding steroid dienone is 3. The topological polar surface area (TPSA) is 75.7 Å². The number of nitrogens with zero attached hydrogens (tertiary/aromatic N) is 1. The molecule has 9 heteroatoms. The fourth-order valence-corrected chi connectivity index (χ4v) is 7.50. The number of benzene rings is 1. The van der Waals surface area contributed by atoms with Crippen LogP contribution in [0.5, 0.6) is 0 Å². The number of carbonyl (C=O) groups is 1. The molecule has 1 atom stereocenters.